The molecule has 0 aromatic carbocycles. The molecule has 0 spiro atoms. The number of carbonyl (C=O) groups excluding carboxylic acids is 1. The number of hydrogen-bond donors (Lipinski definition) is 1. The van der Waals surface area contributed by atoms with Gasteiger partial charge in [-0.1, -0.05) is 0 Å². The second kappa shape index (κ2) is 8.60. The minimum Gasteiger partial charge on any atom is -0.445 e. The maximum Gasteiger partial charge on any atom is 0.273 e. The van der Waals surface area contributed by atoms with Gasteiger partial charge in [0.1, 0.15) is 6.10 Å². The summed E-state index contributed by atoms with van der Waals surface area (Å²) in [6, 6.07) is 0. The van der Waals surface area contributed by atoms with Gasteiger partial charge in [0.05, 0.1) is 6.10 Å². The van der Waals surface area contributed by atoms with Crippen LogP contribution < -0.4 is 5.32 Å². The first-order valence-electron chi connectivity index (χ1n) is 8.91. The second-order valence-corrected chi connectivity index (χ2v) is 6.51. The van der Waals surface area contributed by atoms with E-state index in [4.69, 9.17) is 13.9 Å². The van der Waals surface area contributed by atoms with Gasteiger partial charge in [-0.2, -0.15) is 0 Å². The number of aromatic nitrogens is 1. The van der Waals surface area contributed by atoms with Gasteiger partial charge in [0.25, 0.3) is 5.91 Å². The van der Waals surface area contributed by atoms with Crippen molar-refractivity contribution < 1.29 is 18.7 Å². The molecule has 2 atom stereocenters. The van der Waals surface area contributed by atoms with Gasteiger partial charge < -0.3 is 24.1 Å². The fourth-order valence-corrected chi connectivity index (χ4v) is 3.31. The monoisotopic (exact) mass is 337 g/mol. The van der Waals surface area contributed by atoms with Crippen LogP contribution in [0.1, 0.15) is 55.0 Å². The number of carbonyl (C=O) groups is 1. The molecule has 134 valence electrons. The van der Waals surface area contributed by atoms with Crippen molar-refractivity contribution in [2.75, 3.05) is 39.4 Å². The highest BCUT2D eigenvalue weighted by atomic mass is 16.5. The van der Waals surface area contributed by atoms with Crippen LogP contribution in [0.25, 0.3) is 0 Å². The second-order valence-electron chi connectivity index (χ2n) is 6.51. The normalized spacial score (nSPS) is 25.5. The van der Waals surface area contributed by atoms with E-state index in [-0.39, 0.29) is 18.1 Å². The summed E-state index contributed by atoms with van der Waals surface area (Å²) in [5.41, 5.74) is 0.360. The molecule has 24 heavy (non-hydrogen) atoms. The summed E-state index contributed by atoms with van der Waals surface area (Å²) in [6.45, 7) is 7.27. The molecule has 2 saturated heterocycles. The third kappa shape index (κ3) is 4.55. The van der Waals surface area contributed by atoms with E-state index < -0.39 is 0 Å². The molecule has 7 nitrogen and oxygen atoms in total. The molecule has 3 rings (SSSR count). The van der Waals surface area contributed by atoms with Gasteiger partial charge >= 0.3 is 0 Å². The van der Waals surface area contributed by atoms with Crippen molar-refractivity contribution in [2.45, 2.75) is 44.8 Å². The lowest BCUT2D eigenvalue weighted by molar-refractivity contribution is 0.0675. The average Bonchev–Trinajstić information content (AvgIpc) is 3.21. The Morgan fingerprint density at radius 3 is 3.08 bits per heavy atom. The standard InChI is InChI=1S/C17H27N3O4/c1-13-11-20(8-4-10-22-13)7-3-6-18-17(21)15-16(24-12-19-15)14-5-2-9-23-14/h12-14H,2-11H2,1H3,(H,18,21). The molecule has 2 aliphatic rings. The van der Waals surface area contributed by atoms with Crippen LogP contribution in [0, 0.1) is 0 Å². The first-order valence-corrected chi connectivity index (χ1v) is 8.91. The van der Waals surface area contributed by atoms with E-state index in [1.165, 1.54) is 6.39 Å². The Morgan fingerprint density at radius 1 is 1.38 bits per heavy atom. The number of nitrogens with one attached hydrogen (secondary N) is 1. The molecule has 2 fully saturated rings. The minimum atomic E-state index is -0.179. The van der Waals surface area contributed by atoms with Gasteiger partial charge in [-0.15, -0.1) is 0 Å². The lowest BCUT2D eigenvalue weighted by Gasteiger charge is -2.21. The molecule has 2 unspecified atom stereocenters. The van der Waals surface area contributed by atoms with Crippen LogP contribution in [0.5, 0.6) is 0 Å². The summed E-state index contributed by atoms with van der Waals surface area (Å²) < 4.78 is 16.6. The average molecular weight is 337 g/mol. The predicted octanol–water partition coefficient (Wildman–Crippen LogP) is 1.76. The maximum absolute atomic E-state index is 12.3. The van der Waals surface area contributed by atoms with Gasteiger partial charge in [0.15, 0.2) is 17.8 Å². The summed E-state index contributed by atoms with van der Waals surface area (Å²) in [4.78, 5) is 18.8. The molecule has 1 aromatic rings. The van der Waals surface area contributed by atoms with Gasteiger partial charge in [-0.05, 0) is 39.2 Å². The van der Waals surface area contributed by atoms with Crippen molar-refractivity contribution in [3.8, 4) is 0 Å². The van der Waals surface area contributed by atoms with E-state index >= 15 is 0 Å². The smallest absolute Gasteiger partial charge is 0.273 e. The molecule has 7 heteroatoms. The first kappa shape index (κ1) is 17.4. The topological polar surface area (TPSA) is 76.8 Å². The van der Waals surface area contributed by atoms with Crippen molar-refractivity contribution in [1.29, 1.82) is 0 Å². The van der Waals surface area contributed by atoms with Gasteiger partial charge in [-0.25, -0.2) is 4.98 Å². The highest BCUT2D eigenvalue weighted by molar-refractivity contribution is 5.93. The third-order valence-corrected chi connectivity index (χ3v) is 4.51. The minimum absolute atomic E-state index is 0.133. The third-order valence-electron chi connectivity index (χ3n) is 4.51. The summed E-state index contributed by atoms with van der Waals surface area (Å²) in [5, 5.41) is 2.94. The quantitative estimate of drug-likeness (QED) is 0.797. The fraction of sp³-hybridized carbons (Fsp3) is 0.765. The molecule has 1 N–H and O–H groups in total. The lowest BCUT2D eigenvalue weighted by Crippen LogP contribution is -2.34. The summed E-state index contributed by atoms with van der Waals surface area (Å²) >= 11 is 0. The molecule has 0 aliphatic carbocycles. The zero-order valence-corrected chi connectivity index (χ0v) is 14.3. The fourth-order valence-electron chi connectivity index (χ4n) is 3.31. The lowest BCUT2D eigenvalue weighted by atomic mass is 10.1. The Morgan fingerprint density at radius 2 is 2.25 bits per heavy atom. The predicted molar refractivity (Wildman–Crippen MR) is 87.9 cm³/mol. The van der Waals surface area contributed by atoms with Crippen LogP contribution in [0.15, 0.2) is 10.8 Å². The van der Waals surface area contributed by atoms with Crippen molar-refractivity contribution in [1.82, 2.24) is 15.2 Å². The number of rotatable bonds is 6. The maximum atomic E-state index is 12.3. The number of amides is 1. The number of ether oxygens (including phenoxy) is 2. The van der Waals surface area contributed by atoms with Gasteiger partial charge in [0.2, 0.25) is 0 Å². The van der Waals surface area contributed by atoms with E-state index in [1.54, 1.807) is 0 Å². The number of nitrogens with zero attached hydrogens (tertiary/aromatic N) is 2. The van der Waals surface area contributed by atoms with Crippen LogP contribution >= 0.6 is 0 Å². The van der Waals surface area contributed by atoms with Crippen molar-refractivity contribution >= 4 is 5.91 Å². The van der Waals surface area contributed by atoms with Crippen LogP contribution in [-0.2, 0) is 9.47 Å². The Kier molecular flexibility index (Phi) is 6.23. The van der Waals surface area contributed by atoms with Crippen molar-refractivity contribution in [3.63, 3.8) is 0 Å². The van der Waals surface area contributed by atoms with Crippen LogP contribution in [0.3, 0.4) is 0 Å². The van der Waals surface area contributed by atoms with Gasteiger partial charge in [0, 0.05) is 32.8 Å². The molecular formula is C17H27N3O4. The van der Waals surface area contributed by atoms with Gasteiger partial charge in [-0.3, -0.25) is 4.79 Å². The zero-order valence-electron chi connectivity index (χ0n) is 14.3. The van der Waals surface area contributed by atoms with E-state index in [9.17, 15) is 4.79 Å². The SMILES string of the molecule is CC1CN(CCCNC(=O)c2ncoc2C2CCCO2)CCCO1. The Hall–Kier alpha value is -1.44. The highest BCUT2D eigenvalue weighted by Gasteiger charge is 2.27. The zero-order chi connectivity index (χ0) is 16.8. The summed E-state index contributed by atoms with van der Waals surface area (Å²) in [5.74, 6) is 0.380. The molecule has 2 aliphatic heterocycles. The van der Waals surface area contributed by atoms with Crippen molar-refractivity contribution in [3.05, 3.63) is 17.8 Å². The van der Waals surface area contributed by atoms with Crippen LogP contribution in [0.2, 0.25) is 0 Å². The largest absolute Gasteiger partial charge is 0.445 e. The molecule has 3 heterocycles. The Labute approximate surface area is 142 Å². The van der Waals surface area contributed by atoms with E-state index in [2.05, 4.69) is 22.1 Å². The molecule has 0 bridgehead atoms. The first-order chi connectivity index (χ1) is 11.7. The van der Waals surface area contributed by atoms with E-state index in [0.29, 0.717) is 24.6 Å². The molecule has 1 amide bonds. The van der Waals surface area contributed by atoms with E-state index in [1.807, 2.05) is 0 Å². The highest BCUT2D eigenvalue weighted by Crippen LogP contribution is 2.30. The summed E-state index contributed by atoms with van der Waals surface area (Å²) in [6.07, 6.45) is 5.32. The molecule has 1 aromatic heterocycles. The Balaban J connectivity index is 1.42. The number of oxazole rings is 1. The molecule has 0 saturated carbocycles. The Bertz CT molecular complexity index is 528. The van der Waals surface area contributed by atoms with E-state index in [0.717, 1.165) is 51.9 Å². The van der Waals surface area contributed by atoms with Crippen LogP contribution in [-0.4, -0.2) is 61.3 Å². The van der Waals surface area contributed by atoms with Crippen molar-refractivity contribution in [2.24, 2.45) is 0 Å². The molecule has 0 radical (unpaired) electrons. The number of hydrogen-bond acceptors (Lipinski definition) is 6. The summed E-state index contributed by atoms with van der Waals surface area (Å²) in [7, 11) is 0. The molecular weight excluding hydrogens is 310 g/mol. The van der Waals surface area contributed by atoms with Crippen LogP contribution in [0.4, 0.5) is 0 Å².